The molecule has 0 fully saturated rings. The van der Waals surface area contributed by atoms with Gasteiger partial charge in [-0.1, -0.05) is 41.2 Å². The quantitative estimate of drug-likeness (QED) is 0.675. The van der Waals surface area contributed by atoms with E-state index in [1.54, 1.807) is 6.20 Å². The minimum atomic E-state index is -1.63. The second-order valence-corrected chi connectivity index (χ2v) is 5.17. The average Bonchev–Trinajstić information content (AvgIpc) is 2.15. The molecule has 16 heavy (non-hydrogen) atoms. The number of alkyl halides is 1. The van der Waals surface area contributed by atoms with Crippen LogP contribution in [-0.2, 0) is 4.74 Å². The van der Waals surface area contributed by atoms with E-state index >= 15 is 0 Å². The third kappa shape index (κ3) is 4.52. The van der Waals surface area contributed by atoms with Crippen LogP contribution in [0.25, 0.3) is 0 Å². The second-order valence-electron chi connectivity index (χ2n) is 5.17. The van der Waals surface area contributed by atoms with Crippen LogP contribution in [0.5, 0.6) is 0 Å². The molecule has 0 rings (SSSR count). The van der Waals surface area contributed by atoms with E-state index in [-0.39, 0.29) is 24.0 Å². The summed E-state index contributed by atoms with van der Waals surface area (Å²) in [6, 6.07) is 0. The van der Waals surface area contributed by atoms with Crippen LogP contribution in [0.2, 0.25) is 0 Å². The van der Waals surface area contributed by atoms with Crippen molar-refractivity contribution in [2.45, 2.75) is 53.6 Å². The van der Waals surface area contributed by atoms with Crippen molar-refractivity contribution in [3.8, 4) is 0 Å². The largest absolute Gasteiger partial charge is 0.366 e. The Morgan fingerprint density at radius 1 is 1.19 bits per heavy atom. The highest BCUT2D eigenvalue weighted by Gasteiger charge is 2.36. The zero-order valence-electron chi connectivity index (χ0n) is 11.4. The summed E-state index contributed by atoms with van der Waals surface area (Å²) in [6.07, 6.45) is 1.20. The minimum Gasteiger partial charge on any atom is -0.366 e. The Bertz CT molecular complexity index is 214. The fraction of sp³-hybridized carbons (Fsp3) is 0.846. The molecular weight excluding hydrogens is 205 g/mol. The lowest BCUT2D eigenvalue weighted by atomic mass is 9.91. The van der Waals surface area contributed by atoms with Crippen molar-refractivity contribution in [1.29, 1.82) is 0 Å². The summed E-state index contributed by atoms with van der Waals surface area (Å²) in [4.78, 5) is 0. The maximum Gasteiger partial charge on any atom is 0.211 e. The fourth-order valence-electron chi connectivity index (χ4n) is 1.43. The van der Waals surface area contributed by atoms with Gasteiger partial charge in [-0.25, -0.2) is 4.39 Å². The molecule has 0 radical (unpaired) electrons. The Labute approximate surface area is 99.3 Å². The lowest BCUT2D eigenvalue weighted by Crippen LogP contribution is -2.44. The number of hydrogen-bond acceptors (Lipinski definition) is 2. The van der Waals surface area contributed by atoms with Crippen LogP contribution in [0, 0.1) is 17.8 Å². The lowest BCUT2D eigenvalue weighted by molar-refractivity contribution is -0.217. The van der Waals surface area contributed by atoms with E-state index in [2.05, 4.69) is 11.9 Å². The van der Waals surface area contributed by atoms with Crippen molar-refractivity contribution < 1.29 is 9.13 Å². The van der Waals surface area contributed by atoms with Gasteiger partial charge >= 0.3 is 0 Å². The van der Waals surface area contributed by atoms with E-state index in [0.29, 0.717) is 0 Å². The Kier molecular flexibility index (Phi) is 6.01. The summed E-state index contributed by atoms with van der Waals surface area (Å²) >= 11 is 0. The summed E-state index contributed by atoms with van der Waals surface area (Å²) < 4.78 is 19.9. The van der Waals surface area contributed by atoms with Crippen molar-refractivity contribution in [3.05, 3.63) is 12.8 Å². The SMILES string of the molecule is C=CNC(OC(C)(F)C(C)C(C)C)C(C)C. The minimum absolute atomic E-state index is 0.152. The van der Waals surface area contributed by atoms with Crippen molar-refractivity contribution >= 4 is 0 Å². The van der Waals surface area contributed by atoms with Crippen LogP contribution < -0.4 is 5.32 Å². The van der Waals surface area contributed by atoms with Crippen LogP contribution in [-0.4, -0.2) is 12.1 Å². The molecule has 0 bridgehead atoms. The number of rotatable bonds is 7. The topological polar surface area (TPSA) is 21.3 Å². The van der Waals surface area contributed by atoms with Gasteiger partial charge in [0, 0.05) is 5.92 Å². The predicted molar refractivity (Wildman–Crippen MR) is 66.6 cm³/mol. The summed E-state index contributed by atoms with van der Waals surface area (Å²) in [6.45, 7) is 14.9. The van der Waals surface area contributed by atoms with Crippen LogP contribution in [0.15, 0.2) is 12.8 Å². The Morgan fingerprint density at radius 3 is 2.00 bits per heavy atom. The van der Waals surface area contributed by atoms with Gasteiger partial charge < -0.3 is 10.1 Å². The first-order valence-corrected chi connectivity index (χ1v) is 5.96. The monoisotopic (exact) mass is 231 g/mol. The van der Waals surface area contributed by atoms with Gasteiger partial charge in [0.25, 0.3) is 0 Å². The molecule has 0 aromatic rings. The summed E-state index contributed by atoms with van der Waals surface area (Å²) in [7, 11) is 0. The lowest BCUT2D eigenvalue weighted by Gasteiger charge is -2.35. The van der Waals surface area contributed by atoms with Gasteiger partial charge in [-0.2, -0.15) is 0 Å². The van der Waals surface area contributed by atoms with Crippen molar-refractivity contribution in [3.63, 3.8) is 0 Å². The molecule has 0 aromatic heterocycles. The molecule has 0 aliphatic rings. The molecule has 0 amide bonds. The Balaban J connectivity index is 4.57. The first-order chi connectivity index (χ1) is 7.22. The zero-order valence-corrected chi connectivity index (χ0v) is 11.4. The molecule has 0 aliphatic carbocycles. The summed E-state index contributed by atoms with van der Waals surface area (Å²) in [5.74, 6) is -1.35. The second kappa shape index (κ2) is 6.24. The first kappa shape index (κ1) is 15.4. The maximum atomic E-state index is 14.4. The standard InChI is InChI=1S/C13H26FNO/c1-8-15-12(10(4)5)16-13(7,14)11(6)9(2)3/h8-12,15H,1H2,2-7H3. The molecule has 0 aliphatic heterocycles. The maximum absolute atomic E-state index is 14.4. The van der Waals surface area contributed by atoms with Gasteiger partial charge in [0.1, 0.15) is 6.23 Å². The Hall–Kier alpha value is -0.570. The van der Waals surface area contributed by atoms with E-state index in [1.165, 1.54) is 6.92 Å². The molecular formula is C13H26FNO. The smallest absolute Gasteiger partial charge is 0.211 e. The molecule has 0 aromatic carbocycles. The average molecular weight is 231 g/mol. The highest BCUT2D eigenvalue weighted by Crippen LogP contribution is 2.31. The molecule has 0 heterocycles. The molecule has 0 saturated carbocycles. The normalized spacial score (nSPS) is 19.3. The van der Waals surface area contributed by atoms with E-state index in [1.807, 2.05) is 34.6 Å². The van der Waals surface area contributed by atoms with Gasteiger partial charge in [0.05, 0.1) is 0 Å². The van der Waals surface area contributed by atoms with Gasteiger partial charge in [0.15, 0.2) is 0 Å². The van der Waals surface area contributed by atoms with Crippen LogP contribution in [0.1, 0.15) is 41.5 Å². The third-order valence-electron chi connectivity index (χ3n) is 3.06. The van der Waals surface area contributed by atoms with E-state index in [4.69, 9.17) is 4.74 Å². The highest BCUT2D eigenvalue weighted by molar-refractivity contribution is 4.77. The van der Waals surface area contributed by atoms with E-state index in [9.17, 15) is 4.39 Å². The molecule has 0 saturated heterocycles. The fourth-order valence-corrected chi connectivity index (χ4v) is 1.43. The Morgan fingerprint density at radius 2 is 1.69 bits per heavy atom. The third-order valence-corrected chi connectivity index (χ3v) is 3.06. The molecule has 0 spiro atoms. The van der Waals surface area contributed by atoms with E-state index in [0.717, 1.165) is 0 Å². The summed E-state index contributed by atoms with van der Waals surface area (Å²) in [5.41, 5.74) is 0. The number of nitrogens with one attached hydrogen (secondary N) is 1. The summed E-state index contributed by atoms with van der Waals surface area (Å²) in [5, 5.41) is 2.93. The molecule has 1 N–H and O–H groups in total. The van der Waals surface area contributed by atoms with Crippen molar-refractivity contribution in [1.82, 2.24) is 5.32 Å². The zero-order chi connectivity index (χ0) is 12.9. The van der Waals surface area contributed by atoms with Gasteiger partial charge in [-0.05, 0) is 25.0 Å². The molecule has 3 heteroatoms. The highest BCUT2D eigenvalue weighted by atomic mass is 19.2. The molecule has 96 valence electrons. The number of ether oxygens (including phenoxy) is 1. The van der Waals surface area contributed by atoms with Crippen LogP contribution >= 0.6 is 0 Å². The predicted octanol–water partition coefficient (Wildman–Crippen LogP) is 3.70. The van der Waals surface area contributed by atoms with E-state index < -0.39 is 5.85 Å². The molecule has 3 unspecified atom stereocenters. The molecule has 3 atom stereocenters. The van der Waals surface area contributed by atoms with Crippen molar-refractivity contribution in [2.24, 2.45) is 17.8 Å². The van der Waals surface area contributed by atoms with Gasteiger partial charge in [0.2, 0.25) is 5.85 Å². The van der Waals surface area contributed by atoms with Crippen molar-refractivity contribution in [2.75, 3.05) is 0 Å². The van der Waals surface area contributed by atoms with Gasteiger partial charge in [-0.3, -0.25) is 0 Å². The van der Waals surface area contributed by atoms with Crippen LogP contribution in [0.3, 0.4) is 0 Å². The number of hydrogen-bond donors (Lipinski definition) is 1. The van der Waals surface area contributed by atoms with Gasteiger partial charge in [-0.15, -0.1) is 0 Å². The first-order valence-electron chi connectivity index (χ1n) is 5.96. The molecule has 2 nitrogen and oxygen atoms in total. The van der Waals surface area contributed by atoms with Crippen LogP contribution in [0.4, 0.5) is 4.39 Å². The number of halogens is 1.